The lowest BCUT2D eigenvalue weighted by Gasteiger charge is -2.67. The lowest BCUT2D eigenvalue weighted by atomic mass is 9.44. The molecule has 10 atom stereocenters. The molecule has 3 unspecified atom stereocenters. The fourth-order valence-electron chi connectivity index (χ4n) is 11.5. The molecule has 3 saturated carbocycles. The SMILES string of the molecule is CC.CC(=O)OC1C(=O)[C@]23C[C@H]2C[C@H]2OC[C@@]2(OC(C)=O)[C@@]3(C)[C@H](OC(=O)c2ccccc2)C2C[C@H](OC(=O)CC(NC(=O)CC(C)(C)C)c3ccccc3)C(C)=C1C2(C)C.CNCC(=O)OC. The number of amides is 1. The van der Waals surface area contributed by atoms with Crippen LogP contribution in [0.4, 0.5) is 0 Å². The van der Waals surface area contributed by atoms with E-state index in [0.29, 0.717) is 29.6 Å². The third-order valence-electron chi connectivity index (χ3n) is 14.6. The van der Waals surface area contributed by atoms with E-state index in [2.05, 4.69) is 15.4 Å². The maximum atomic E-state index is 15.6. The number of hydrogen-bond donors (Lipinski definition) is 2. The van der Waals surface area contributed by atoms with Crippen molar-refractivity contribution in [2.75, 3.05) is 27.3 Å². The summed E-state index contributed by atoms with van der Waals surface area (Å²) in [5.74, 6) is -4.16. The van der Waals surface area contributed by atoms with Gasteiger partial charge in [0.15, 0.2) is 17.5 Å². The summed E-state index contributed by atoms with van der Waals surface area (Å²) in [4.78, 5) is 93.6. The first-order valence-electron chi connectivity index (χ1n) is 23.7. The second-order valence-electron chi connectivity index (χ2n) is 20.4. The third-order valence-corrected chi connectivity index (χ3v) is 14.6. The lowest BCUT2D eigenvalue weighted by Crippen LogP contribution is -2.79. The normalized spacial score (nSPS) is 29.8. The van der Waals surface area contributed by atoms with Crippen LogP contribution >= 0.6 is 0 Å². The minimum atomic E-state index is -1.37. The van der Waals surface area contributed by atoms with Crippen LogP contribution in [-0.2, 0) is 57.2 Å². The summed E-state index contributed by atoms with van der Waals surface area (Å²) < 4.78 is 36.0. The van der Waals surface area contributed by atoms with Gasteiger partial charge in [0.05, 0.1) is 43.7 Å². The van der Waals surface area contributed by atoms with Gasteiger partial charge in [-0.15, -0.1) is 0 Å². The Morgan fingerprint density at radius 2 is 1.47 bits per heavy atom. The summed E-state index contributed by atoms with van der Waals surface area (Å²) in [5.41, 5.74) is -3.17. The molecule has 1 aliphatic heterocycles. The van der Waals surface area contributed by atoms with Crippen LogP contribution < -0.4 is 10.6 Å². The van der Waals surface area contributed by atoms with Crippen LogP contribution in [0, 0.1) is 33.5 Å². The predicted octanol–water partition coefficient (Wildman–Crippen LogP) is 7.21. The standard InChI is InChI=1S/C47H57NO11.C4H9NO2.C2H6/c1-26-34(57-37(52)22-33(29-16-12-10-13-17-29)48-36(51)24-43(4,5)6)21-32-41(58-42(54)30-18-14-11-15-19-30)45(9)46(40(53)39(56-27(2)49)38(26)44(32,7)8)23-31(46)20-35-47(45,25-55-35)59-28(3)50;1-5-3-4(6)7-2;1-2/h10-19,31-35,39,41H,20-25H2,1-9H3,(H,48,51);5H,3H2,1-2H3;1-2H3/t31-,32?,33?,34+,35-,39?,41-,45+,46+,47+;;/m1../s1. The molecule has 2 N–H and O–H groups in total. The minimum Gasteiger partial charge on any atom is -0.468 e. The second kappa shape index (κ2) is 21.1. The zero-order valence-corrected chi connectivity index (χ0v) is 42.1. The molecule has 2 aromatic carbocycles. The molecule has 1 amide bonds. The van der Waals surface area contributed by atoms with E-state index in [1.165, 1.54) is 21.0 Å². The van der Waals surface area contributed by atoms with Crippen LogP contribution in [0.15, 0.2) is 71.8 Å². The van der Waals surface area contributed by atoms with Crippen molar-refractivity contribution in [1.29, 1.82) is 0 Å². The second-order valence-corrected chi connectivity index (χ2v) is 20.4. The summed E-state index contributed by atoms with van der Waals surface area (Å²) in [6.07, 6.45) is -2.93. The lowest BCUT2D eigenvalue weighted by molar-refractivity contribution is -0.343. The largest absolute Gasteiger partial charge is 0.468 e. The number of Topliss-reactive ketones (excluding diaryl/α,β-unsaturated/α-hetero) is 1. The topological polar surface area (TPSA) is 199 Å². The number of carbonyl (C=O) groups excluding carboxylic acids is 7. The fourth-order valence-corrected chi connectivity index (χ4v) is 11.5. The van der Waals surface area contributed by atoms with Gasteiger partial charge in [0.25, 0.3) is 0 Å². The fraction of sp³-hybridized carbons (Fsp3) is 0.604. The van der Waals surface area contributed by atoms with Crippen molar-refractivity contribution in [2.24, 2.45) is 33.5 Å². The molecular formula is C53H72N2O13. The number of likely N-dealkylation sites (N-methyl/N-ethyl adjacent to an activating group) is 1. The molecule has 15 heteroatoms. The number of benzene rings is 2. The van der Waals surface area contributed by atoms with Crippen molar-refractivity contribution in [2.45, 2.75) is 144 Å². The van der Waals surface area contributed by atoms with E-state index < -0.39 is 82.1 Å². The van der Waals surface area contributed by atoms with Gasteiger partial charge in [-0.3, -0.25) is 28.8 Å². The van der Waals surface area contributed by atoms with Gasteiger partial charge in [0.1, 0.15) is 18.3 Å². The average molecular weight is 945 g/mol. The average Bonchev–Trinajstić information content (AvgIpc) is 4.02. The summed E-state index contributed by atoms with van der Waals surface area (Å²) >= 11 is 0. The molecule has 1 heterocycles. The smallest absolute Gasteiger partial charge is 0.338 e. The highest BCUT2D eigenvalue weighted by Crippen LogP contribution is 2.79. The van der Waals surface area contributed by atoms with Crippen molar-refractivity contribution < 1.29 is 62.0 Å². The Balaban J connectivity index is 0.000000880. The van der Waals surface area contributed by atoms with Crippen LogP contribution in [0.1, 0.15) is 130 Å². The van der Waals surface area contributed by atoms with E-state index >= 15 is 4.79 Å². The van der Waals surface area contributed by atoms with E-state index in [9.17, 15) is 28.8 Å². The zero-order valence-electron chi connectivity index (χ0n) is 42.1. The Morgan fingerprint density at radius 3 is 1.99 bits per heavy atom. The Morgan fingerprint density at radius 1 is 0.853 bits per heavy atom. The zero-order chi connectivity index (χ0) is 50.6. The molecular weight excluding hydrogens is 873 g/mol. The number of methoxy groups -OCH3 is 1. The predicted molar refractivity (Wildman–Crippen MR) is 251 cm³/mol. The van der Waals surface area contributed by atoms with Crippen LogP contribution in [0.5, 0.6) is 0 Å². The van der Waals surface area contributed by atoms with Gasteiger partial charge in [-0.1, -0.05) is 104 Å². The van der Waals surface area contributed by atoms with Crippen molar-refractivity contribution in [3.05, 3.63) is 82.9 Å². The van der Waals surface area contributed by atoms with Crippen molar-refractivity contribution >= 4 is 41.5 Å². The number of fused-ring (bicyclic) bond motifs is 4. The molecule has 4 fully saturated rings. The van der Waals surface area contributed by atoms with Crippen molar-refractivity contribution in [1.82, 2.24) is 10.6 Å². The molecule has 372 valence electrons. The number of hydrogen-bond acceptors (Lipinski definition) is 14. The van der Waals surface area contributed by atoms with Gasteiger partial charge in [-0.05, 0) is 78.8 Å². The Labute approximate surface area is 401 Å². The molecule has 1 spiro atoms. The summed E-state index contributed by atoms with van der Waals surface area (Å²) in [7, 11) is 3.05. The maximum Gasteiger partial charge on any atom is 0.338 e. The monoisotopic (exact) mass is 945 g/mol. The first-order valence-corrected chi connectivity index (χ1v) is 23.7. The van der Waals surface area contributed by atoms with Crippen molar-refractivity contribution in [3.63, 3.8) is 0 Å². The minimum absolute atomic E-state index is 0.0256. The van der Waals surface area contributed by atoms with E-state index in [1.54, 1.807) is 44.3 Å². The third kappa shape index (κ3) is 10.3. The number of ketones is 1. The molecule has 2 bridgehead atoms. The first-order chi connectivity index (χ1) is 32.0. The molecule has 5 aliphatic rings. The molecule has 0 aromatic heterocycles. The van der Waals surface area contributed by atoms with Crippen molar-refractivity contribution in [3.8, 4) is 0 Å². The van der Waals surface area contributed by atoms with Gasteiger partial charge in [-0.25, -0.2) is 4.79 Å². The van der Waals surface area contributed by atoms with E-state index in [-0.39, 0.29) is 61.4 Å². The number of carbonyl (C=O) groups is 7. The van der Waals surface area contributed by atoms with Crippen LogP contribution in [0.2, 0.25) is 0 Å². The van der Waals surface area contributed by atoms with Gasteiger partial charge >= 0.3 is 29.8 Å². The van der Waals surface area contributed by atoms with Gasteiger partial charge < -0.3 is 39.1 Å². The number of esters is 5. The number of ether oxygens (including phenoxy) is 6. The summed E-state index contributed by atoms with van der Waals surface area (Å²) in [6.45, 7) is 20.2. The Hall–Kier alpha value is -5.41. The maximum absolute atomic E-state index is 15.6. The van der Waals surface area contributed by atoms with Gasteiger partial charge in [0.2, 0.25) is 5.91 Å². The highest BCUT2D eigenvalue weighted by Gasteiger charge is 2.87. The summed E-state index contributed by atoms with van der Waals surface area (Å²) in [5, 5.41) is 5.68. The van der Waals surface area contributed by atoms with E-state index in [1.807, 2.05) is 85.7 Å². The molecule has 7 rings (SSSR count). The first kappa shape index (κ1) is 53.5. The summed E-state index contributed by atoms with van der Waals surface area (Å²) in [6, 6.07) is 17.1. The highest BCUT2D eigenvalue weighted by atomic mass is 16.6. The van der Waals surface area contributed by atoms with E-state index in [4.69, 9.17) is 23.7 Å². The van der Waals surface area contributed by atoms with Crippen LogP contribution in [-0.4, -0.2) is 98.9 Å². The highest BCUT2D eigenvalue weighted by molar-refractivity contribution is 5.98. The quantitative estimate of drug-likeness (QED) is 0.123. The number of rotatable bonds is 12. The van der Waals surface area contributed by atoms with Gasteiger partial charge in [-0.2, -0.15) is 0 Å². The molecule has 15 nitrogen and oxygen atoms in total. The Bertz CT molecular complexity index is 2240. The van der Waals surface area contributed by atoms with Gasteiger partial charge in [0, 0.05) is 31.6 Å². The molecule has 1 saturated heterocycles. The van der Waals surface area contributed by atoms with Crippen LogP contribution in [0.25, 0.3) is 0 Å². The molecule has 68 heavy (non-hydrogen) atoms. The molecule has 4 aliphatic carbocycles. The number of nitrogens with one attached hydrogen (secondary N) is 2. The molecule has 2 aromatic rings. The molecule has 0 radical (unpaired) electrons. The Kier molecular flexibility index (Phi) is 16.6. The van der Waals surface area contributed by atoms with Crippen LogP contribution in [0.3, 0.4) is 0 Å². The van der Waals surface area contributed by atoms with E-state index in [0.717, 1.165) is 5.56 Å².